The maximum atomic E-state index is 5.95. The molecule has 51 heavy (non-hydrogen) atoms. The number of oxazole rings is 1. The van der Waals surface area contributed by atoms with E-state index in [1.807, 2.05) is 6.07 Å². The average molecular weight is 652 g/mol. The van der Waals surface area contributed by atoms with E-state index < -0.39 is 0 Å². The van der Waals surface area contributed by atoms with Gasteiger partial charge in [-0.1, -0.05) is 97.1 Å². The molecule has 5 aromatic heterocycles. The van der Waals surface area contributed by atoms with Crippen LogP contribution in [0.4, 0.5) is 0 Å². The number of fused-ring (bicyclic) bond motifs is 12. The first-order chi connectivity index (χ1) is 25.3. The van der Waals surface area contributed by atoms with Crippen molar-refractivity contribution in [1.29, 1.82) is 0 Å². The number of benzene rings is 7. The molecule has 7 aromatic carbocycles. The van der Waals surface area contributed by atoms with Crippen LogP contribution in [0.25, 0.3) is 110 Å². The Morgan fingerprint density at radius 2 is 1.12 bits per heavy atom. The molecule has 0 aliphatic carbocycles. The van der Waals surface area contributed by atoms with Crippen LogP contribution < -0.4 is 0 Å². The topological polar surface area (TPSA) is 61.1 Å². The van der Waals surface area contributed by atoms with Crippen molar-refractivity contribution >= 4 is 81.9 Å². The Labute approximate surface area is 289 Å². The van der Waals surface area contributed by atoms with Crippen molar-refractivity contribution in [1.82, 2.24) is 23.9 Å². The first-order valence-electron chi connectivity index (χ1n) is 17.1. The van der Waals surface area contributed by atoms with Gasteiger partial charge in [0, 0.05) is 37.9 Å². The van der Waals surface area contributed by atoms with Crippen molar-refractivity contribution in [2.75, 3.05) is 0 Å². The number of hydrogen-bond acceptors (Lipinski definition) is 4. The van der Waals surface area contributed by atoms with E-state index in [0.717, 1.165) is 60.8 Å². The highest BCUT2D eigenvalue weighted by Crippen LogP contribution is 2.44. The largest absolute Gasteiger partial charge is 0.443 e. The predicted octanol–water partition coefficient (Wildman–Crippen LogP) is 11.4. The number of aromatic nitrogens is 5. The fourth-order valence-corrected chi connectivity index (χ4v) is 8.42. The molecule has 0 amide bonds. The monoisotopic (exact) mass is 651 g/mol. The normalized spacial score (nSPS) is 12.3. The molecule has 0 saturated carbocycles. The van der Waals surface area contributed by atoms with Gasteiger partial charge < -0.3 is 8.82 Å². The molecule has 236 valence electrons. The lowest BCUT2D eigenvalue weighted by Gasteiger charge is -2.12. The van der Waals surface area contributed by atoms with Crippen LogP contribution in [0.5, 0.6) is 0 Å². The van der Waals surface area contributed by atoms with Crippen LogP contribution in [0, 0.1) is 0 Å². The van der Waals surface area contributed by atoms with Crippen LogP contribution in [0.1, 0.15) is 0 Å². The van der Waals surface area contributed by atoms with Gasteiger partial charge in [-0.25, -0.2) is 15.0 Å². The van der Waals surface area contributed by atoms with Crippen LogP contribution >= 0.6 is 0 Å². The van der Waals surface area contributed by atoms with E-state index in [1.165, 1.54) is 43.5 Å². The Balaban J connectivity index is 1.08. The fourth-order valence-electron chi connectivity index (χ4n) is 8.42. The molecular weight excluding hydrogens is 627 g/mol. The summed E-state index contributed by atoms with van der Waals surface area (Å²) in [4.78, 5) is 15.1. The first-order valence-corrected chi connectivity index (χ1v) is 17.1. The van der Waals surface area contributed by atoms with Gasteiger partial charge in [0.2, 0.25) is 5.95 Å². The fraction of sp³-hybridized carbons (Fsp3) is 0. The van der Waals surface area contributed by atoms with E-state index >= 15 is 0 Å². The van der Waals surface area contributed by atoms with E-state index in [0.29, 0.717) is 5.95 Å². The van der Waals surface area contributed by atoms with Crippen molar-refractivity contribution in [3.05, 3.63) is 152 Å². The minimum Gasteiger partial charge on any atom is -0.443 e. The number of para-hydroxylation sites is 4. The standard InChI is InChI=1S/C45H25N5O/c1-5-16-35-31(14-1)42(48-45(47-35)50-37-17-6-2-12-29(37)30-13-3-7-18-38(30)50)28-11-9-10-26(22-28)27-20-21-40-33(23-27)34-24-36-44(51-25-46-36)41-32-15-4-8-19-39(32)49(40)43(34)41/h1-25H. The van der Waals surface area contributed by atoms with Crippen molar-refractivity contribution in [2.24, 2.45) is 0 Å². The molecule has 0 aliphatic rings. The zero-order chi connectivity index (χ0) is 33.2. The summed E-state index contributed by atoms with van der Waals surface area (Å²) in [6, 6.07) is 51.5. The molecule has 0 aliphatic heterocycles. The van der Waals surface area contributed by atoms with E-state index in [-0.39, 0.29) is 0 Å². The van der Waals surface area contributed by atoms with Crippen molar-refractivity contribution in [3.63, 3.8) is 0 Å². The molecule has 6 heteroatoms. The van der Waals surface area contributed by atoms with Gasteiger partial charge in [0.15, 0.2) is 12.0 Å². The molecule has 6 nitrogen and oxygen atoms in total. The van der Waals surface area contributed by atoms with Crippen LogP contribution in [-0.2, 0) is 0 Å². The minimum absolute atomic E-state index is 0.658. The first kappa shape index (κ1) is 26.9. The second-order valence-electron chi connectivity index (χ2n) is 13.3. The smallest absolute Gasteiger partial charge is 0.235 e. The quantitative estimate of drug-likeness (QED) is 0.191. The molecule has 0 unspecified atom stereocenters. The molecule has 0 N–H and O–H groups in total. The summed E-state index contributed by atoms with van der Waals surface area (Å²) in [7, 11) is 0. The molecule has 0 fully saturated rings. The second-order valence-corrected chi connectivity index (χ2v) is 13.3. The summed E-state index contributed by atoms with van der Waals surface area (Å²) >= 11 is 0. The summed E-state index contributed by atoms with van der Waals surface area (Å²) < 4.78 is 10.5. The van der Waals surface area contributed by atoms with E-state index in [4.69, 9.17) is 14.4 Å². The minimum atomic E-state index is 0.658. The van der Waals surface area contributed by atoms with Gasteiger partial charge in [0.05, 0.1) is 44.2 Å². The molecule has 12 aromatic rings. The lowest BCUT2D eigenvalue weighted by Crippen LogP contribution is -2.03. The molecule has 0 radical (unpaired) electrons. The maximum absolute atomic E-state index is 5.95. The highest BCUT2D eigenvalue weighted by molar-refractivity contribution is 6.30. The molecule has 0 spiro atoms. The van der Waals surface area contributed by atoms with E-state index in [9.17, 15) is 0 Å². The van der Waals surface area contributed by atoms with Crippen molar-refractivity contribution in [2.45, 2.75) is 0 Å². The van der Waals surface area contributed by atoms with E-state index in [1.54, 1.807) is 6.39 Å². The Kier molecular flexibility index (Phi) is 5.14. The molecule has 5 heterocycles. The summed E-state index contributed by atoms with van der Waals surface area (Å²) in [6.45, 7) is 0. The predicted molar refractivity (Wildman–Crippen MR) is 207 cm³/mol. The lowest BCUT2D eigenvalue weighted by atomic mass is 9.98. The third kappa shape index (κ3) is 3.57. The van der Waals surface area contributed by atoms with Crippen LogP contribution in [-0.4, -0.2) is 23.9 Å². The van der Waals surface area contributed by atoms with Crippen molar-refractivity contribution in [3.8, 4) is 28.3 Å². The zero-order valence-corrected chi connectivity index (χ0v) is 27.1. The highest BCUT2D eigenvalue weighted by atomic mass is 16.3. The SMILES string of the molecule is c1cc(-c2ccc3c(c2)c2cc4ncoc4c4c5ccccc5n3c24)cc(-c2nc(-n3c4ccccc4c4ccccc43)nc3ccccc23)c1. The number of rotatable bonds is 3. The number of hydrogen-bond donors (Lipinski definition) is 0. The van der Waals surface area contributed by atoms with Crippen molar-refractivity contribution < 1.29 is 4.42 Å². The summed E-state index contributed by atoms with van der Waals surface area (Å²) in [6.07, 6.45) is 1.55. The van der Waals surface area contributed by atoms with Crippen LogP contribution in [0.3, 0.4) is 0 Å². The molecule has 0 atom stereocenters. The maximum Gasteiger partial charge on any atom is 0.235 e. The molecule has 0 saturated heterocycles. The molecule has 12 rings (SSSR count). The average Bonchev–Trinajstić information content (AvgIpc) is 3.96. The second kappa shape index (κ2) is 9.77. The number of nitrogens with zero attached hydrogens (tertiary/aromatic N) is 5. The Morgan fingerprint density at radius 1 is 0.451 bits per heavy atom. The van der Waals surface area contributed by atoms with Gasteiger partial charge in [-0.05, 0) is 59.7 Å². The lowest BCUT2D eigenvalue weighted by molar-refractivity contribution is 0.605. The molecular formula is C45H25N5O. The summed E-state index contributed by atoms with van der Waals surface area (Å²) in [5.74, 6) is 0.658. The highest BCUT2D eigenvalue weighted by Gasteiger charge is 2.22. The van der Waals surface area contributed by atoms with Gasteiger partial charge in [0.1, 0.15) is 5.52 Å². The summed E-state index contributed by atoms with van der Waals surface area (Å²) in [5.41, 5.74) is 12.5. The van der Waals surface area contributed by atoms with Gasteiger partial charge in [-0.2, -0.15) is 0 Å². The van der Waals surface area contributed by atoms with Gasteiger partial charge in [-0.3, -0.25) is 4.57 Å². The van der Waals surface area contributed by atoms with Crippen LogP contribution in [0.2, 0.25) is 0 Å². The summed E-state index contributed by atoms with van der Waals surface area (Å²) in [5, 5.41) is 8.04. The van der Waals surface area contributed by atoms with Gasteiger partial charge in [0.25, 0.3) is 0 Å². The zero-order valence-electron chi connectivity index (χ0n) is 27.1. The third-order valence-corrected chi connectivity index (χ3v) is 10.6. The Hall–Kier alpha value is -7.05. The van der Waals surface area contributed by atoms with Gasteiger partial charge >= 0.3 is 0 Å². The molecule has 0 bridgehead atoms. The van der Waals surface area contributed by atoms with Gasteiger partial charge in [-0.15, -0.1) is 0 Å². The third-order valence-electron chi connectivity index (χ3n) is 10.6. The Morgan fingerprint density at radius 3 is 1.94 bits per heavy atom. The van der Waals surface area contributed by atoms with E-state index in [2.05, 4.69) is 153 Å². The van der Waals surface area contributed by atoms with Crippen LogP contribution in [0.15, 0.2) is 156 Å². The Bertz CT molecular complexity index is 3330.